The molecule has 0 aliphatic carbocycles. The number of rotatable bonds is 8. The first-order valence-corrected chi connectivity index (χ1v) is 6.12. The van der Waals surface area contributed by atoms with Crippen molar-refractivity contribution >= 4 is 5.97 Å². The van der Waals surface area contributed by atoms with Crippen molar-refractivity contribution in [2.75, 3.05) is 6.61 Å². The molecule has 0 saturated carbocycles. The first kappa shape index (κ1) is 14.4. The second-order valence-corrected chi connectivity index (χ2v) is 3.81. The molecule has 0 amide bonds. The summed E-state index contributed by atoms with van der Waals surface area (Å²) >= 11 is 0. The SMILES string of the molecule is CCCOC(=O)C(CC)NC(CC)CC. The van der Waals surface area contributed by atoms with Crippen LogP contribution in [-0.2, 0) is 9.53 Å². The zero-order valence-corrected chi connectivity index (χ0v) is 10.5. The molecule has 0 rings (SSSR count). The van der Waals surface area contributed by atoms with Crippen LogP contribution in [0.15, 0.2) is 0 Å². The van der Waals surface area contributed by atoms with E-state index in [9.17, 15) is 4.79 Å². The monoisotopic (exact) mass is 215 g/mol. The van der Waals surface area contributed by atoms with E-state index in [0.29, 0.717) is 12.6 Å². The minimum Gasteiger partial charge on any atom is -0.465 e. The van der Waals surface area contributed by atoms with E-state index in [-0.39, 0.29) is 12.0 Å². The Labute approximate surface area is 93.6 Å². The summed E-state index contributed by atoms with van der Waals surface area (Å²) in [6.45, 7) is 8.80. The lowest BCUT2D eigenvalue weighted by atomic mass is 10.1. The number of carbonyl (C=O) groups is 1. The Kier molecular flexibility index (Phi) is 8.38. The van der Waals surface area contributed by atoms with E-state index in [1.54, 1.807) is 0 Å². The molecule has 1 unspecified atom stereocenters. The van der Waals surface area contributed by atoms with Gasteiger partial charge in [-0.3, -0.25) is 4.79 Å². The lowest BCUT2D eigenvalue weighted by molar-refractivity contribution is -0.146. The summed E-state index contributed by atoms with van der Waals surface area (Å²) in [5, 5.41) is 3.34. The van der Waals surface area contributed by atoms with Crippen LogP contribution in [0.1, 0.15) is 53.4 Å². The zero-order chi connectivity index (χ0) is 11.7. The Morgan fingerprint density at radius 2 is 1.73 bits per heavy atom. The molecule has 0 heterocycles. The van der Waals surface area contributed by atoms with E-state index < -0.39 is 0 Å². The average Bonchev–Trinajstić information content (AvgIpc) is 2.27. The normalized spacial score (nSPS) is 12.9. The van der Waals surface area contributed by atoms with Crippen LogP contribution in [0.5, 0.6) is 0 Å². The van der Waals surface area contributed by atoms with Gasteiger partial charge < -0.3 is 10.1 Å². The molecule has 1 atom stereocenters. The van der Waals surface area contributed by atoms with Crippen LogP contribution in [0.25, 0.3) is 0 Å². The molecular weight excluding hydrogens is 190 g/mol. The van der Waals surface area contributed by atoms with Gasteiger partial charge in [0.2, 0.25) is 0 Å². The Balaban J connectivity index is 4.04. The third kappa shape index (κ3) is 5.78. The maximum absolute atomic E-state index is 11.6. The van der Waals surface area contributed by atoms with E-state index in [0.717, 1.165) is 25.7 Å². The van der Waals surface area contributed by atoms with Crippen LogP contribution in [-0.4, -0.2) is 24.7 Å². The second kappa shape index (κ2) is 8.72. The highest BCUT2D eigenvalue weighted by atomic mass is 16.5. The Morgan fingerprint density at radius 3 is 2.13 bits per heavy atom. The maximum atomic E-state index is 11.6. The van der Waals surface area contributed by atoms with Gasteiger partial charge in [0.15, 0.2) is 0 Å². The first-order chi connectivity index (χ1) is 7.19. The summed E-state index contributed by atoms with van der Waals surface area (Å²) in [4.78, 5) is 11.6. The van der Waals surface area contributed by atoms with Crippen molar-refractivity contribution in [1.82, 2.24) is 5.32 Å². The highest BCUT2D eigenvalue weighted by Gasteiger charge is 2.19. The predicted octanol–water partition coefficient (Wildman–Crippen LogP) is 2.50. The Morgan fingerprint density at radius 1 is 1.13 bits per heavy atom. The molecule has 0 aromatic carbocycles. The fourth-order valence-corrected chi connectivity index (χ4v) is 1.46. The van der Waals surface area contributed by atoms with Gasteiger partial charge in [-0.1, -0.05) is 27.7 Å². The van der Waals surface area contributed by atoms with Crippen LogP contribution < -0.4 is 5.32 Å². The minimum atomic E-state index is -0.138. The van der Waals surface area contributed by atoms with Gasteiger partial charge in [-0.25, -0.2) is 0 Å². The molecule has 0 spiro atoms. The molecule has 90 valence electrons. The van der Waals surface area contributed by atoms with E-state index >= 15 is 0 Å². The largest absolute Gasteiger partial charge is 0.465 e. The molecule has 0 aliphatic heterocycles. The lowest BCUT2D eigenvalue weighted by Crippen LogP contribution is -2.43. The van der Waals surface area contributed by atoms with Crippen molar-refractivity contribution < 1.29 is 9.53 Å². The molecule has 3 nitrogen and oxygen atoms in total. The van der Waals surface area contributed by atoms with Crippen LogP contribution in [0, 0.1) is 0 Å². The number of carbonyl (C=O) groups excluding carboxylic acids is 1. The molecule has 0 aromatic rings. The van der Waals surface area contributed by atoms with E-state index in [2.05, 4.69) is 19.2 Å². The number of hydrogen-bond donors (Lipinski definition) is 1. The van der Waals surface area contributed by atoms with Crippen LogP contribution in [0.3, 0.4) is 0 Å². The maximum Gasteiger partial charge on any atom is 0.323 e. The van der Waals surface area contributed by atoms with Gasteiger partial charge in [0.25, 0.3) is 0 Å². The van der Waals surface area contributed by atoms with Crippen molar-refractivity contribution in [3.63, 3.8) is 0 Å². The summed E-state index contributed by atoms with van der Waals surface area (Å²) in [7, 11) is 0. The molecule has 15 heavy (non-hydrogen) atoms. The van der Waals surface area contributed by atoms with E-state index in [1.165, 1.54) is 0 Å². The summed E-state index contributed by atoms with van der Waals surface area (Å²) in [6.07, 6.45) is 3.77. The number of nitrogens with one attached hydrogen (secondary N) is 1. The number of esters is 1. The van der Waals surface area contributed by atoms with Crippen molar-refractivity contribution in [3.8, 4) is 0 Å². The van der Waals surface area contributed by atoms with Crippen molar-refractivity contribution in [3.05, 3.63) is 0 Å². The molecule has 0 radical (unpaired) electrons. The third-order valence-corrected chi connectivity index (χ3v) is 2.56. The molecule has 0 aromatic heterocycles. The molecular formula is C12H25NO2. The van der Waals surface area contributed by atoms with E-state index in [4.69, 9.17) is 4.74 Å². The van der Waals surface area contributed by atoms with Crippen LogP contribution in [0.4, 0.5) is 0 Å². The van der Waals surface area contributed by atoms with Gasteiger partial charge in [0, 0.05) is 6.04 Å². The fourth-order valence-electron chi connectivity index (χ4n) is 1.46. The highest BCUT2D eigenvalue weighted by Crippen LogP contribution is 2.03. The Hall–Kier alpha value is -0.570. The predicted molar refractivity (Wildman–Crippen MR) is 62.8 cm³/mol. The summed E-state index contributed by atoms with van der Waals surface area (Å²) in [5.41, 5.74) is 0. The molecule has 0 fully saturated rings. The van der Waals surface area contributed by atoms with Gasteiger partial charge in [0.05, 0.1) is 6.61 Å². The van der Waals surface area contributed by atoms with Gasteiger partial charge >= 0.3 is 5.97 Å². The zero-order valence-electron chi connectivity index (χ0n) is 10.5. The van der Waals surface area contributed by atoms with Gasteiger partial charge in [-0.05, 0) is 25.7 Å². The van der Waals surface area contributed by atoms with Gasteiger partial charge in [-0.2, -0.15) is 0 Å². The third-order valence-electron chi connectivity index (χ3n) is 2.56. The minimum absolute atomic E-state index is 0.105. The smallest absolute Gasteiger partial charge is 0.323 e. The van der Waals surface area contributed by atoms with E-state index in [1.807, 2.05) is 13.8 Å². The molecule has 0 saturated heterocycles. The molecule has 0 bridgehead atoms. The second-order valence-electron chi connectivity index (χ2n) is 3.81. The Bertz CT molecular complexity index is 167. The van der Waals surface area contributed by atoms with Crippen LogP contribution >= 0.6 is 0 Å². The number of hydrogen-bond acceptors (Lipinski definition) is 3. The molecule has 3 heteroatoms. The fraction of sp³-hybridized carbons (Fsp3) is 0.917. The lowest BCUT2D eigenvalue weighted by Gasteiger charge is -2.21. The van der Waals surface area contributed by atoms with Crippen molar-refractivity contribution in [1.29, 1.82) is 0 Å². The first-order valence-electron chi connectivity index (χ1n) is 6.12. The van der Waals surface area contributed by atoms with Gasteiger partial charge in [-0.15, -0.1) is 0 Å². The molecule has 0 aliphatic rings. The highest BCUT2D eigenvalue weighted by molar-refractivity contribution is 5.75. The topological polar surface area (TPSA) is 38.3 Å². The molecule has 1 N–H and O–H groups in total. The average molecular weight is 215 g/mol. The summed E-state index contributed by atoms with van der Waals surface area (Å²) in [6, 6.07) is 0.283. The van der Waals surface area contributed by atoms with Crippen molar-refractivity contribution in [2.45, 2.75) is 65.5 Å². The van der Waals surface area contributed by atoms with Crippen molar-refractivity contribution in [2.24, 2.45) is 0 Å². The summed E-state index contributed by atoms with van der Waals surface area (Å²) in [5.74, 6) is -0.105. The standard InChI is InChI=1S/C12H25NO2/c1-5-9-15-12(14)11(8-4)13-10(6-2)7-3/h10-11,13H,5-9H2,1-4H3. The quantitative estimate of drug-likeness (QED) is 0.632. The number of ether oxygens (including phenoxy) is 1. The summed E-state index contributed by atoms with van der Waals surface area (Å²) < 4.78 is 5.13. The van der Waals surface area contributed by atoms with Crippen LogP contribution in [0.2, 0.25) is 0 Å². The van der Waals surface area contributed by atoms with Gasteiger partial charge in [0.1, 0.15) is 6.04 Å².